The topological polar surface area (TPSA) is 26.3 Å². The van der Waals surface area contributed by atoms with E-state index in [0.29, 0.717) is 7.11 Å². The van der Waals surface area contributed by atoms with Crippen molar-refractivity contribution in [3.63, 3.8) is 0 Å². The summed E-state index contributed by atoms with van der Waals surface area (Å²) in [7, 11) is 0.617. The van der Waals surface area contributed by atoms with Crippen molar-refractivity contribution in [3.05, 3.63) is 34.6 Å². The van der Waals surface area contributed by atoms with Crippen LogP contribution in [0.2, 0.25) is 0 Å². The van der Waals surface area contributed by atoms with Gasteiger partial charge in [0.15, 0.2) is 0 Å². The highest BCUT2D eigenvalue weighted by molar-refractivity contribution is 5.93. The van der Waals surface area contributed by atoms with Gasteiger partial charge in [-0.05, 0) is 12.1 Å². The molecule has 0 fully saturated rings. The Kier molecular flexibility index (Phi) is 3.78. The lowest BCUT2D eigenvalue weighted by molar-refractivity contribution is -0.144. The summed E-state index contributed by atoms with van der Waals surface area (Å²) < 4.78 is 92.1. The molecule has 1 aromatic rings. The number of methoxy groups -OCH3 is 1. The van der Waals surface area contributed by atoms with Crippen molar-refractivity contribution in [2.75, 3.05) is 7.11 Å². The Morgan fingerprint density at radius 1 is 1.00 bits per heavy atom. The van der Waals surface area contributed by atoms with Gasteiger partial charge in [-0.3, -0.25) is 0 Å². The maximum atomic E-state index is 12.9. The van der Waals surface area contributed by atoms with E-state index in [1.807, 2.05) is 0 Å². The van der Waals surface area contributed by atoms with Crippen molar-refractivity contribution in [2.45, 2.75) is 12.4 Å². The van der Waals surface area contributed by atoms with Gasteiger partial charge >= 0.3 is 18.3 Å². The summed E-state index contributed by atoms with van der Waals surface area (Å²) in [5, 5.41) is 0. The van der Waals surface area contributed by atoms with Crippen LogP contribution < -0.4 is 0 Å². The molecule has 0 amide bonds. The highest BCUT2D eigenvalue weighted by Crippen LogP contribution is 2.40. The largest absolute Gasteiger partial charge is 0.465 e. The number of hydrogen-bond donors (Lipinski definition) is 0. The Labute approximate surface area is 101 Å². The molecular formula is C10H5F7O2. The van der Waals surface area contributed by atoms with E-state index in [1.165, 1.54) is 0 Å². The van der Waals surface area contributed by atoms with E-state index in [1.54, 1.807) is 0 Å². The third kappa shape index (κ3) is 3.15. The number of hydrogen-bond acceptors (Lipinski definition) is 2. The van der Waals surface area contributed by atoms with Crippen LogP contribution in [-0.2, 0) is 17.1 Å². The van der Waals surface area contributed by atoms with Gasteiger partial charge in [-0.1, -0.05) is 0 Å². The molecular weight excluding hydrogens is 285 g/mol. The molecule has 0 N–H and O–H groups in total. The molecule has 0 saturated heterocycles. The van der Waals surface area contributed by atoms with Crippen molar-refractivity contribution in [1.29, 1.82) is 0 Å². The first-order valence-corrected chi connectivity index (χ1v) is 4.54. The van der Waals surface area contributed by atoms with Crippen molar-refractivity contribution >= 4 is 5.97 Å². The zero-order valence-corrected chi connectivity index (χ0v) is 9.12. The zero-order valence-electron chi connectivity index (χ0n) is 9.12. The van der Waals surface area contributed by atoms with Gasteiger partial charge in [0.1, 0.15) is 5.82 Å². The summed E-state index contributed by atoms with van der Waals surface area (Å²) in [6.07, 6.45) is -10.7. The monoisotopic (exact) mass is 290 g/mol. The second-order valence-electron chi connectivity index (χ2n) is 3.36. The minimum absolute atomic E-state index is 0.193. The molecule has 0 atom stereocenters. The van der Waals surface area contributed by atoms with Crippen LogP contribution >= 0.6 is 0 Å². The van der Waals surface area contributed by atoms with Gasteiger partial charge in [-0.25, -0.2) is 9.18 Å². The van der Waals surface area contributed by atoms with Crippen LogP contribution in [0.1, 0.15) is 21.5 Å². The fourth-order valence-corrected chi connectivity index (χ4v) is 1.38. The molecule has 0 aliphatic rings. The lowest BCUT2D eigenvalue weighted by Crippen LogP contribution is -2.21. The summed E-state index contributed by atoms with van der Waals surface area (Å²) in [6.45, 7) is 0. The smallest absolute Gasteiger partial charge is 0.417 e. The molecule has 0 bridgehead atoms. The molecule has 0 saturated carbocycles. The van der Waals surface area contributed by atoms with Crippen molar-refractivity contribution in [1.82, 2.24) is 0 Å². The molecule has 1 aromatic carbocycles. The molecule has 0 aliphatic carbocycles. The average Bonchev–Trinajstić information content (AvgIpc) is 2.24. The summed E-state index contributed by atoms with van der Waals surface area (Å²) in [5.74, 6) is -3.60. The number of alkyl halides is 6. The lowest BCUT2D eigenvalue weighted by atomic mass is 9.99. The van der Waals surface area contributed by atoms with Gasteiger partial charge in [0.05, 0.1) is 23.8 Å². The molecule has 19 heavy (non-hydrogen) atoms. The van der Waals surface area contributed by atoms with Gasteiger partial charge in [0, 0.05) is 0 Å². The van der Waals surface area contributed by atoms with E-state index < -0.39 is 40.8 Å². The molecule has 0 spiro atoms. The van der Waals surface area contributed by atoms with Crippen molar-refractivity contribution in [3.8, 4) is 0 Å². The molecule has 0 radical (unpaired) electrons. The van der Waals surface area contributed by atoms with Crippen LogP contribution in [0.4, 0.5) is 30.7 Å². The maximum Gasteiger partial charge on any atom is 0.417 e. The average molecular weight is 290 g/mol. The molecule has 0 unspecified atom stereocenters. The Morgan fingerprint density at radius 2 is 1.37 bits per heavy atom. The Morgan fingerprint density at radius 3 is 1.63 bits per heavy atom. The molecule has 106 valence electrons. The van der Waals surface area contributed by atoms with Crippen LogP contribution in [0.25, 0.3) is 0 Å². The van der Waals surface area contributed by atoms with Gasteiger partial charge in [-0.15, -0.1) is 0 Å². The first kappa shape index (κ1) is 15.3. The SMILES string of the molecule is COC(=O)c1c(C(F)(F)F)cc(F)cc1C(F)(F)F. The van der Waals surface area contributed by atoms with E-state index in [0.717, 1.165) is 0 Å². The van der Waals surface area contributed by atoms with Gasteiger partial charge in [0.2, 0.25) is 0 Å². The molecule has 0 aromatic heterocycles. The van der Waals surface area contributed by atoms with Crippen LogP contribution in [0.5, 0.6) is 0 Å². The number of benzene rings is 1. The molecule has 2 nitrogen and oxygen atoms in total. The quantitative estimate of drug-likeness (QED) is 0.583. The van der Waals surface area contributed by atoms with Gasteiger partial charge in [0.25, 0.3) is 0 Å². The first-order chi connectivity index (χ1) is 8.48. The lowest BCUT2D eigenvalue weighted by Gasteiger charge is -2.17. The van der Waals surface area contributed by atoms with E-state index in [2.05, 4.69) is 4.74 Å². The second-order valence-corrected chi connectivity index (χ2v) is 3.36. The number of carbonyl (C=O) groups is 1. The number of halogens is 7. The highest BCUT2D eigenvalue weighted by Gasteiger charge is 2.44. The van der Waals surface area contributed by atoms with Gasteiger partial charge in [-0.2, -0.15) is 26.3 Å². The van der Waals surface area contributed by atoms with Gasteiger partial charge < -0.3 is 4.74 Å². The Balaban J connectivity index is 3.74. The van der Waals surface area contributed by atoms with E-state index in [4.69, 9.17) is 0 Å². The van der Waals surface area contributed by atoms with E-state index in [9.17, 15) is 35.5 Å². The Hall–Kier alpha value is -1.80. The normalized spacial score (nSPS) is 12.4. The fourth-order valence-electron chi connectivity index (χ4n) is 1.38. The molecule has 0 aliphatic heterocycles. The van der Waals surface area contributed by atoms with E-state index >= 15 is 0 Å². The highest BCUT2D eigenvalue weighted by atomic mass is 19.4. The second kappa shape index (κ2) is 4.71. The standard InChI is InChI=1S/C10H5F7O2/c1-19-8(18)7-5(9(12,13)14)2-4(11)3-6(7)10(15,16)17/h2-3H,1H3. The number of ether oxygens (including phenoxy) is 1. The predicted molar refractivity (Wildman–Crippen MR) is 47.7 cm³/mol. The molecule has 0 heterocycles. The molecule has 9 heteroatoms. The van der Waals surface area contributed by atoms with Crippen molar-refractivity contribution in [2.24, 2.45) is 0 Å². The number of rotatable bonds is 1. The third-order valence-corrected chi connectivity index (χ3v) is 2.10. The van der Waals surface area contributed by atoms with Crippen LogP contribution in [0.3, 0.4) is 0 Å². The minimum atomic E-state index is -5.33. The zero-order chi connectivity index (χ0) is 15.0. The number of esters is 1. The first-order valence-electron chi connectivity index (χ1n) is 4.54. The molecule has 1 rings (SSSR count). The maximum absolute atomic E-state index is 12.9. The van der Waals surface area contributed by atoms with Crippen LogP contribution in [0.15, 0.2) is 12.1 Å². The van der Waals surface area contributed by atoms with Crippen LogP contribution in [-0.4, -0.2) is 13.1 Å². The van der Waals surface area contributed by atoms with Crippen molar-refractivity contribution < 1.29 is 40.3 Å². The summed E-state index contributed by atoms with van der Waals surface area (Å²) in [4.78, 5) is 11.1. The Bertz CT molecular complexity index is 467. The fraction of sp³-hybridized carbons (Fsp3) is 0.300. The summed E-state index contributed by atoms with van der Waals surface area (Å²) in [6, 6.07) is -0.386. The third-order valence-electron chi connectivity index (χ3n) is 2.10. The summed E-state index contributed by atoms with van der Waals surface area (Å²) >= 11 is 0. The predicted octanol–water partition coefficient (Wildman–Crippen LogP) is 3.65. The minimum Gasteiger partial charge on any atom is -0.465 e. The number of carbonyl (C=O) groups excluding carboxylic acids is 1. The summed E-state index contributed by atoms with van der Waals surface area (Å²) in [5.41, 5.74) is -5.83. The van der Waals surface area contributed by atoms with Crippen LogP contribution in [0, 0.1) is 5.82 Å². The van der Waals surface area contributed by atoms with E-state index in [-0.39, 0.29) is 12.1 Å².